The van der Waals surface area contributed by atoms with Gasteiger partial charge in [-0.05, 0) is 33.0 Å². The summed E-state index contributed by atoms with van der Waals surface area (Å²) in [5.74, 6) is 0. The van der Waals surface area contributed by atoms with Gasteiger partial charge >= 0.3 is 0 Å². The van der Waals surface area contributed by atoms with E-state index in [0.717, 1.165) is 26.2 Å². The van der Waals surface area contributed by atoms with Crippen LogP contribution in [0.25, 0.3) is 0 Å². The lowest BCUT2D eigenvalue weighted by Gasteiger charge is -2.20. The summed E-state index contributed by atoms with van der Waals surface area (Å²) in [6, 6.07) is 0. The fraction of sp³-hybridized carbons (Fsp3) is 1.00. The number of likely N-dealkylation sites (tertiary alicyclic amines) is 1. The van der Waals surface area contributed by atoms with Crippen LogP contribution in [0.3, 0.4) is 0 Å². The average molecular weight is 215 g/mol. The second-order valence-electron chi connectivity index (χ2n) is 3.86. The van der Waals surface area contributed by atoms with Crippen LogP contribution in [0.1, 0.15) is 33.1 Å². The third-order valence-electron chi connectivity index (χ3n) is 2.54. The van der Waals surface area contributed by atoms with Gasteiger partial charge in [-0.15, -0.1) is 0 Å². The van der Waals surface area contributed by atoms with E-state index in [1.165, 1.54) is 32.4 Å². The first kappa shape index (κ1) is 14.9. The van der Waals surface area contributed by atoms with Crippen molar-refractivity contribution in [2.24, 2.45) is 0 Å². The first-order valence-corrected chi connectivity index (χ1v) is 6.49. The lowest BCUT2D eigenvalue weighted by molar-refractivity contribution is 0.277. The highest BCUT2D eigenvalue weighted by atomic mass is 15.1. The molecule has 0 aromatic heterocycles. The Morgan fingerprint density at radius 3 is 1.33 bits per heavy atom. The summed E-state index contributed by atoms with van der Waals surface area (Å²) >= 11 is 0. The Kier molecular flexibility index (Phi) is 11.9. The molecule has 0 unspecified atom stereocenters. The van der Waals surface area contributed by atoms with E-state index in [1.807, 2.05) is 13.8 Å². The number of piperazine rings is 1. The number of nitrogens with one attached hydrogen (secondary N) is 2. The molecule has 0 aromatic rings. The fourth-order valence-electron chi connectivity index (χ4n) is 1.66. The Hall–Kier alpha value is -0.120. The van der Waals surface area contributed by atoms with Gasteiger partial charge in [0.15, 0.2) is 0 Å². The minimum Gasteiger partial charge on any atom is -0.314 e. The average Bonchev–Trinajstić information content (AvgIpc) is 2.36. The summed E-state index contributed by atoms with van der Waals surface area (Å²) in [5.41, 5.74) is 0. The molecule has 2 aliphatic rings. The minimum atomic E-state index is 1.14. The van der Waals surface area contributed by atoms with Crippen LogP contribution in [0.4, 0.5) is 0 Å². The second-order valence-corrected chi connectivity index (χ2v) is 3.86. The largest absolute Gasteiger partial charge is 0.314 e. The van der Waals surface area contributed by atoms with Crippen LogP contribution in [0.2, 0.25) is 0 Å². The van der Waals surface area contributed by atoms with E-state index < -0.39 is 0 Å². The molecule has 15 heavy (non-hydrogen) atoms. The zero-order valence-corrected chi connectivity index (χ0v) is 10.8. The molecule has 0 aliphatic carbocycles. The summed E-state index contributed by atoms with van der Waals surface area (Å²) in [5, 5.41) is 6.44. The zero-order chi connectivity index (χ0) is 11.4. The molecule has 0 bridgehead atoms. The Bertz CT molecular complexity index is 95.9. The SMILES string of the molecule is C1CNCCN1.CC.CN1CCCCC1. The molecular formula is C12H29N3. The lowest BCUT2D eigenvalue weighted by atomic mass is 10.1. The van der Waals surface area contributed by atoms with Crippen LogP contribution in [-0.4, -0.2) is 51.2 Å². The van der Waals surface area contributed by atoms with Crippen LogP contribution in [-0.2, 0) is 0 Å². The monoisotopic (exact) mass is 215 g/mol. The Balaban J connectivity index is 0.000000227. The van der Waals surface area contributed by atoms with Crippen LogP contribution >= 0.6 is 0 Å². The van der Waals surface area contributed by atoms with E-state index in [0.29, 0.717) is 0 Å². The first-order chi connectivity index (χ1) is 7.39. The molecule has 2 N–H and O–H groups in total. The summed E-state index contributed by atoms with van der Waals surface area (Å²) < 4.78 is 0. The van der Waals surface area contributed by atoms with Gasteiger partial charge in [0.05, 0.1) is 0 Å². The van der Waals surface area contributed by atoms with Gasteiger partial charge < -0.3 is 15.5 Å². The predicted molar refractivity (Wildman–Crippen MR) is 68.4 cm³/mol. The van der Waals surface area contributed by atoms with Gasteiger partial charge in [0, 0.05) is 26.2 Å². The number of hydrogen-bond donors (Lipinski definition) is 2. The maximum absolute atomic E-state index is 3.22. The summed E-state index contributed by atoms with van der Waals surface area (Å²) in [6.45, 7) is 11.2. The molecule has 2 heterocycles. The highest BCUT2D eigenvalue weighted by Crippen LogP contribution is 2.04. The van der Waals surface area contributed by atoms with Gasteiger partial charge in [0.25, 0.3) is 0 Å². The summed E-state index contributed by atoms with van der Waals surface area (Å²) in [6.07, 6.45) is 4.28. The molecule has 0 saturated carbocycles. The highest BCUT2D eigenvalue weighted by Gasteiger charge is 2.02. The normalized spacial score (nSPS) is 21.8. The summed E-state index contributed by atoms with van der Waals surface area (Å²) in [7, 11) is 2.19. The molecule has 0 spiro atoms. The quantitative estimate of drug-likeness (QED) is 0.638. The van der Waals surface area contributed by atoms with Crippen molar-refractivity contribution < 1.29 is 0 Å². The van der Waals surface area contributed by atoms with E-state index in [1.54, 1.807) is 0 Å². The number of nitrogens with zero attached hydrogens (tertiary/aromatic N) is 1. The Labute approximate surface area is 95.6 Å². The molecule has 0 atom stereocenters. The van der Waals surface area contributed by atoms with E-state index in [4.69, 9.17) is 0 Å². The van der Waals surface area contributed by atoms with Crippen LogP contribution in [0, 0.1) is 0 Å². The minimum absolute atomic E-state index is 1.14. The van der Waals surface area contributed by atoms with Crippen molar-refractivity contribution in [3.05, 3.63) is 0 Å². The predicted octanol–water partition coefficient (Wildman–Crippen LogP) is 1.31. The van der Waals surface area contributed by atoms with Gasteiger partial charge in [-0.25, -0.2) is 0 Å². The molecule has 2 aliphatic heterocycles. The standard InChI is InChI=1S/C6H13N.C4H10N2.C2H6/c1-7-5-3-2-4-6-7;1-2-6-4-3-5-1;1-2/h2-6H2,1H3;5-6H,1-4H2;1-2H3. The van der Waals surface area contributed by atoms with Crippen molar-refractivity contribution in [2.45, 2.75) is 33.1 Å². The third-order valence-corrected chi connectivity index (χ3v) is 2.54. The van der Waals surface area contributed by atoms with Crippen molar-refractivity contribution in [1.82, 2.24) is 15.5 Å². The second kappa shape index (κ2) is 12.0. The Morgan fingerprint density at radius 2 is 1.13 bits per heavy atom. The molecule has 2 rings (SSSR count). The van der Waals surface area contributed by atoms with Crippen LogP contribution in [0.5, 0.6) is 0 Å². The van der Waals surface area contributed by atoms with Crippen LogP contribution < -0.4 is 10.6 Å². The van der Waals surface area contributed by atoms with Crippen molar-refractivity contribution in [2.75, 3.05) is 46.3 Å². The lowest BCUT2D eigenvalue weighted by Crippen LogP contribution is -2.39. The fourth-order valence-corrected chi connectivity index (χ4v) is 1.66. The molecule has 2 saturated heterocycles. The molecule has 3 heteroatoms. The van der Waals surface area contributed by atoms with E-state index in [2.05, 4.69) is 22.6 Å². The van der Waals surface area contributed by atoms with E-state index >= 15 is 0 Å². The molecule has 3 nitrogen and oxygen atoms in total. The molecule has 0 aromatic carbocycles. The maximum atomic E-state index is 3.22. The first-order valence-electron chi connectivity index (χ1n) is 6.49. The van der Waals surface area contributed by atoms with Crippen molar-refractivity contribution in [1.29, 1.82) is 0 Å². The highest BCUT2D eigenvalue weighted by molar-refractivity contribution is 4.59. The summed E-state index contributed by atoms with van der Waals surface area (Å²) in [4.78, 5) is 2.39. The van der Waals surface area contributed by atoms with E-state index in [9.17, 15) is 0 Å². The Morgan fingerprint density at radius 1 is 0.733 bits per heavy atom. The smallest absolute Gasteiger partial charge is 0.00772 e. The zero-order valence-electron chi connectivity index (χ0n) is 10.8. The van der Waals surface area contributed by atoms with Gasteiger partial charge in [-0.1, -0.05) is 20.3 Å². The number of piperidine rings is 1. The van der Waals surface area contributed by atoms with Crippen molar-refractivity contribution in [3.8, 4) is 0 Å². The van der Waals surface area contributed by atoms with Crippen molar-refractivity contribution >= 4 is 0 Å². The van der Waals surface area contributed by atoms with Crippen molar-refractivity contribution in [3.63, 3.8) is 0 Å². The molecule has 2 fully saturated rings. The number of hydrogen-bond acceptors (Lipinski definition) is 3. The third kappa shape index (κ3) is 10.2. The maximum Gasteiger partial charge on any atom is 0.00772 e. The van der Waals surface area contributed by atoms with Gasteiger partial charge in [0.1, 0.15) is 0 Å². The van der Waals surface area contributed by atoms with E-state index in [-0.39, 0.29) is 0 Å². The topological polar surface area (TPSA) is 27.3 Å². The molecule has 92 valence electrons. The molecule has 0 amide bonds. The number of rotatable bonds is 0. The molecule has 0 radical (unpaired) electrons. The molecular weight excluding hydrogens is 186 g/mol. The van der Waals surface area contributed by atoms with Gasteiger partial charge in [-0.2, -0.15) is 0 Å². The van der Waals surface area contributed by atoms with Crippen LogP contribution in [0.15, 0.2) is 0 Å². The van der Waals surface area contributed by atoms with Gasteiger partial charge in [-0.3, -0.25) is 0 Å². The van der Waals surface area contributed by atoms with Gasteiger partial charge in [0.2, 0.25) is 0 Å².